The van der Waals surface area contributed by atoms with E-state index < -0.39 is 0 Å². The molecule has 2 fully saturated rings. The minimum atomic E-state index is 0.529. The molecule has 1 saturated heterocycles. The average Bonchev–Trinajstić information content (AvgIpc) is 2.40. The lowest BCUT2D eigenvalue weighted by Crippen LogP contribution is -2.44. The molecule has 0 radical (unpaired) electrons. The largest absolute Gasteiger partial charge is 0.381 e. The molecule has 0 aromatic carbocycles. The lowest BCUT2D eigenvalue weighted by atomic mass is 9.88. The summed E-state index contributed by atoms with van der Waals surface area (Å²) < 4.78 is 5.44. The van der Waals surface area contributed by atoms with Crippen LogP contribution in [0.15, 0.2) is 0 Å². The normalized spacial score (nSPS) is 32.8. The van der Waals surface area contributed by atoms with E-state index in [0.29, 0.717) is 6.10 Å². The van der Waals surface area contributed by atoms with E-state index >= 15 is 0 Å². The van der Waals surface area contributed by atoms with Crippen LogP contribution in [0.3, 0.4) is 0 Å². The van der Waals surface area contributed by atoms with Crippen molar-refractivity contribution in [3.05, 3.63) is 0 Å². The van der Waals surface area contributed by atoms with E-state index in [2.05, 4.69) is 4.90 Å². The highest BCUT2D eigenvalue weighted by Crippen LogP contribution is 2.29. The summed E-state index contributed by atoms with van der Waals surface area (Å²) in [4.78, 5) is 2.72. The molecule has 3 nitrogen and oxygen atoms in total. The summed E-state index contributed by atoms with van der Waals surface area (Å²) >= 11 is 0. The van der Waals surface area contributed by atoms with Crippen LogP contribution in [-0.4, -0.2) is 43.8 Å². The van der Waals surface area contributed by atoms with Crippen molar-refractivity contribution in [1.29, 1.82) is 0 Å². The molecule has 3 heteroatoms. The summed E-state index contributed by atoms with van der Waals surface area (Å²) in [7, 11) is 1.85. The number of methoxy groups -OCH3 is 1. The Bertz CT molecular complexity index is 206. The monoisotopic (exact) mass is 240 g/mol. The molecule has 2 rings (SSSR count). The van der Waals surface area contributed by atoms with Crippen LogP contribution < -0.4 is 5.73 Å². The summed E-state index contributed by atoms with van der Waals surface area (Å²) in [6.45, 7) is 3.46. The van der Waals surface area contributed by atoms with E-state index in [9.17, 15) is 0 Å². The Morgan fingerprint density at radius 1 is 1.06 bits per heavy atom. The number of hydrogen-bond acceptors (Lipinski definition) is 3. The summed E-state index contributed by atoms with van der Waals surface area (Å²) in [5.41, 5.74) is 5.64. The lowest BCUT2D eigenvalue weighted by Gasteiger charge is -2.40. The lowest BCUT2D eigenvalue weighted by molar-refractivity contribution is 0.0286. The van der Waals surface area contributed by atoms with E-state index in [1.807, 2.05) is 7.11 Å². The molecule has 0 unspecified atom stereocenters. The first-order valence-corrected chi connectivity index (χ1v) is 7.30. The highest BCUT2D eigenvalue weighted by molar-refractivity contribution is 4.83. The Kier molecular flexibility index (Phi) is 5.26. The zero-order valence-corrected chi connectivity index (χ0v) is 11.2. The number of nitrogens with two attached hydrogens (primary N) is 1. The molecule has 0 aromatic rings. The number of rotatable bonds is 4. The van der Waals surface area contributed by atoms with Gasteiger partial charge in [0.25, 0.3) is 0 Å². The fourth-order valence-corrected chi connectivity index (χ4v) is 3.49. The Hall–Kier alpha value is -0.120. The van der Waals surface area contributed by atoms with Crippen LogP contribution >= 0.6 is 0 Å². The van der Waals surface area contributed by atoms with Gasteiger partial charge in [0.15, 0.2) is 0 Å². The fourth-order valence-electron chi connectivity index (χ4n) is 3.49. The van der Waals surface area contributed by atoms with E-state index in [-0.39, 0.29) is 0 Å². The predicted molar refractivity (Wildman–Crippen MR) is 71.0 cm³/mol. The van der Waals surface area contributed by atoms with Crippen molar-refractivity contribution in [2.24, 2.45) is 11.7 Å². The van der Waals surface area contributed by atoms with E-state index in [4.69, 9.17) is 10.5 Å². The average molecular weight is 240 g/mol. The topological polar surface area (TPSA) is 38.5 Å². The van der Waals surface area contributed by atoms with Gasteiger partial charge in [-0.15, -0.1) is 0 Å². The van der Waals surface area contributed by atoms with E-state index in [1.165, 1.54) is 58.0 Å². The van der Waals surface area contributed by atoms with Gasteiger partial charge in [-0.05, 0) is 70.5 Å². The van der Waals surface area contributed by atoms with Gasteiger partial charge in [-0.2, -0.15) is 0 Å². The van der Waals surface area contributed by atoms with Crippen molar-refractivity contribution in [2.75, 3.05) is 26.7 Å². The fraction of sp³-hybridized carbons (Fsp3) is 1.00. The molecular weight excluding hydrogens is 212 g/mol. The van der Waals surface area contributed by atoms with Gasteiger partial charge in [0, 0.05) is 13.2 Å². The van der Waals surface area contributed by atoms with Crippen molar-refractivity contribution >= 4 is 0 Å². The molecule has 1 saturated carbocycles. The molecule has 0 bridgehead atoms. The van der Waals surface area contributed by atoms with Crippen molar-refractivity contribution in [2.45, 2.75) is 57.1 Å². The smallest absolute Gasteiger partial charge is 0.0572 e. The van der Waals surface area contributed by atoms with E-state index in [1.54, 1.807) is 0 Å². The third-order valence-electron chi connectivity index (χ3n) is 4.72. The standard InChI is InChI=1S/C14H28N2O/c1-17-14-4-2-13(3-5-14)16-10-7-12(6-9-15)8-11-16/h12-14H,2-11,15H2,1H3. The molecule has 0 aromatic heterocycles. The molecule has 1 heterocycles. The highest BCUT2D eigenvalue weighted by atomic mass is 16.5. The van der Waals surface area contributed by atoms with Gasteiger partial charge in [0.2, 0.25) is 0 Å². The van der Waals surface area contributed by atoms with Crippen LogP contribution in [0.1, 0.15) is 44.9 Å². The summed E-state index contributed by atoms with van der Waals surface area (Å²) in [6.07, 6.45) is 9.65. The van der Waals surface area contributed by atoms with Crippen LogP contribution in [0, 0.1) is 5.92 Å². The molecule has 1 aliphatic carbocycles. The quantitative estimate of drug-likeness (QED) is 0.817. The molecule has 0 amide bonds. The van der Waals surface area contributed by atoms with Gasteiger partial charge in [-0.3, -0.25) is 0 Å². The number of nitrogens with zero attached hydrogens (tertiary/aromatic N) is 1. The second-order valence-electron chi connectivity index (χ2n) is 5.72. The van der Waals surface area contributed by atoms with Crippen molar-refractivity contribution in [3.8, 4) is 0 Å². The first-order valence-electron chi connectivity index (χ1n) is 7.30. The molecule has 2 N–H and O–H groups in total. The van der Waals surface area contributed by atoms with Crippen LogP contribution in [0.2, 0.25) is 0 Å². The summed E-state index contributed by atoms with van der Waals surface area (Å²) in [5.74, 6) is 0.895. The van der Waals surface area contributed by atoms with Crippen LogP contribution in [0.4, 0.5) is 0 Å². The van der Waals surface area contributed by atoms with Crippen LogP contribution in [-0.2, 0) is 4.74 Å². The number of likely N-dealkylation sites (tertiary alicyclic amines) is 1. The van der Waals surface area contributed by atoms with Gasteiger partial charge in [0.1, 0.15) is 0 Å². The maximum atomic E-state index is 5.64. The maximum Gasteiger partial charge on any atom is 0.0572 e. The minimum Gasteiger partial charge on any atom is -0.381 e. The van der Waals surface area contributed by atoms with Crippen molar-refractivity contribution < 1.29 is 4.74 Å². The predicted octanol–water partition coefficient (Wildman–Crippen LogP) is 2.00. The third-order valence-corrected chi connectivity index (χ3v) is 4.72. The first kappa shape index (κ1) is 13.3. The number of hydrogen-bond donors (Lipinski definition) is 1. The molecule has 100 valence electrons. The Labute approximate surface area is 106 Å². The summed E-state index contributed by atoms with van der Waals surface area (Å²) in [5, 5.41) is 0. The second kappa shape index (κ2) is 6.72. The SMILES string of the molecule is COC1CCC(N2CCC(CCN)CC2)CC1. The van der Waals surface area contributed by atoms with Crippen LogP contribution in [0.25, 0.3) is 0 Å². The minimum absolute atomic E-state index is 0.529. The second-order valence-corrected chi connectivity index (χ2v) is 5.72. The van der Waals surface area contributed by atoms with Gasteiger partial charge >= 0.3 is 0 Å². The van der Waals surface area contributed by atoms with Gasteiger partial charge in [0.05, 0.1) is 6.10 Å². The number of ether oxygens (including phenoxy) is 1. The molecule has 0 atom stereocenters. The molecule has 17 heavy (non-hydrogen) atoms. The van der Waals surface area contributed by atoms with Crippen molar-refractivity contribution in [1.82, 2.24) is 4.90 Å². The molecule has 2 aliphatic rings. The maximum absolute atomic E-state index is 5.64. The molecule has 0 spiro atoms. The first-order chi connectivity index (χ1) is 8.33. The zero-order valence-electron chi connectivity index (χ0n) is 11.2. The highest BCUT2D eigenvalue weighted by Gasteiger charge is 2.28. The Morgan fingerprint density at radius 2 is 1.71 bits per heavy atom. The van der Waals surface area contributed by atoms with E-state index in [0.717, 1.165) is 18.5 Å². The van der Waals surface area contributed by atoms with Gasteiger partial charge in [-0.1, -0.05) is 0 Å². The number of piperidine rings is 1. The van der Waals surface area contributed by atoms with Crippen LogP contribution in [0.5, 0.6) is 0 Å². The Balaban J connectivity index is 1.70. The zero-order chi connectivity index (χ0) is 12.1. The third kappa shape index (κ3) is 3.67. The summed E-state index contributed by atoms with van der Waals surface area (Å²) in [6, 6.07) is 0.834. The van der Waals surface area contributed by atoms with Gasteiger partial charge in [-0.25, -0.2) is 0 Å². The molecule has 1 aliphatic heterocycles. The van der Waals surface area contributed by atoms with Crippen molar-refractivity contribution in [3.63, 3.8) is 0 Å². The van der Waals surface area contributed by atoms with Gasteiger partial charge < -0.3 is 15.4 Å². The molecular formula is C14H28N2O. The Morgan fingerprint density at radius 3 is 2.24 bits per heavy atom.